The predicted molar refractivity (Wildman–Crippen MR) is 71.7 cm³/mol. The largest absolute Gasteiger partial charge is 0.469 e. The van der Waals surface area contributed by atoms with E-state index in [2.05, 4.69) is 15.0 Å². The van der Waals surface area contributed by atoms with Crippen molar-refractivity contribution >= 4 is 17.1 Å². The van der Waals surface area contributed by atoms with Crippen LogP contribution >= 0.6 is 0 Å². The highest BCUT2D eigenvalue weighted by molar-refractivity contribution is 5.73. The van der Waals surface area contributed by atoms with Crippen LogP contribution in [0.25, 0.3) is 11.1 Å². The summed E-state index contributed by atoms with van der Waals surface area (Å²) < 4.78 is 10.1. The molecule has 5 nitrogen and oxygen atoms in total. The maximum absolute atomic E-state index is 10.9. The lowest BCUT2D eigenvalue weighted by Gasteiger charge is -2.04. The van der Waals surface area contributed by atoms with E-state index in [1.54, 1.807) is 0 Å². The SMILES string of the molecule is COC(=O)CCCNCc1ccc2nc(C)oc2c1. The fourth-order valence-electron chi connectivity index (χ4n) is 1.89. The van der Waals surface area contributed by atoms with Crippen molar-refractivity contribution in [3.63, 3.8) is 0 Å². The quantitative estimate of drug-likeness (QED) is 0.638. The molecule has 0 radical (unpaired) electrons. The second-order valence-corrected chi connectivity index (χ2v) is 4.39. The number of nitrogens with zero attached hydrogens (tertiary/aromatic N) is 1. The van der Waals surface area contributed by atoms with Gasteiger partial charge in [-0.3, -0.25) is 4.79 Å². The Morgan fingerprint density at radius 1 is 1.47 bits per heavy atom. The molecule has 0 atom stereocenters. The summed E-state index contributed by atoms with van der Waals surface area (Å²) in [6, 6.07) is 5.97. The standard InChI is InChI=1S/C14H18N2O3/c1-10-16-12-6-5-11(8-13(12)19-10)9-15-7-3-4-14(17)18-2/h5-6,8,15H,3-4,7,9H2,1-2H3. The van der Waals surface area contributed by atoms with E-state index in [0.29, 0.717) is 12.3 Å². The Hall–Kier alpha value is -1.88. The maximum atomic E-state index is 10.9. The summed E-state index contributed by atoms with van der Waals surface area (Å²) in [7, 11) is 1.41. The summed E-state index contributed by atoms with van der Waals surface area (Å²) in [6.45, 7) is 3.37. The molecule has 0 aliphatic carbocycles. The third-order valence-corrected chi connectivity index (χ3v) is 2.85. The first-order chi connectivity index (χ1) is 9.19. The summed E-state index contributed by atoms with van der Waals surface area (Å²) in [5.74, 6) is 0.513. The van der Waals surface area contributed by atoms with Crippen LogP contribution in [0.1, 0.15) is 24.3 Å². The number of esters is 1. The first-order valence-corrected chi connectivity index (χ1v) is 6.32. The van der Waals surface area contributed by atoms with Gasteiger partial charge in [0.05, 0.1) is 7.11 Å². The van der Waals surface area contributed by atoms with Crippen molar-refractivity contribution in [3.8, 4) is 0 Å². The van der Waals surface area contributed by atoms with Gasteiger partial charge in [-0.1, -0.05) is 6.07 Å². The number of oxazole rings is 1. The molecule has 5 heteroatoms. The van der Waals surface area contributed by atoms with E-state index >= 15 is 0 Å². The van der Waals surface area contributed by atoms with Crippen LogP contribution in [0.3, 0.4) is 0 Å². The van der Waals surface area contributed by atoms with Gasteiger partial charge in [0.15, 0.2) is 11.5 Å². The van der Waals surface area contributed by atoms with Gasteiger partial charge in [-0.05, 0) is 30.7 Å². The second-order valence-electron chi connectivity index (χ2n) is 4.39. The molecule has 2 rings (SSSR count). The number of carbonyl (C=O) groups excluding carboxylic acids is 1. The molecule has 1 aromatic heterocycles. The topological polar surface area (TPSA) is 64.4 Å². The lowest BCUT2D eigenvalue weighted by Crippen LogP contribution is -2.16. The molecule has 0 saturated carbocycles. The smallest absolute Gasteiger partial charge is 0.305 e. The lowest BCUT2D eigenvalue weighted by molar-refractivity contribution is -0.140. The molecule has 102 valence electrons. The van der Waals surface area contributed by atoms with Gasteiger partial charge in [-0.15, -0.1) is 0 Å². The van der Waals surface area contributed by atoms with Crippen LogP contribution in [0.15, 0.2) is 22.6 Å². The number of benzene rings is 1. The fraction of sp³-hybridized carbons (Fsp3) is 0.429. The van der Waals surface area contributed by atoms with E-state index in [1.807, 2.05) is 25.1 Å². The number of aromatic nitrogens is 1. The third kappa shape index (κ3) is 3.79. The van der Waals surface area contributed by atoms with E-state index in [-0.39, 0.29) is 5.97 Å². The molecule has 19 heavy (non-hydrogen) atoms. The maximum Gasteiger partial charge on any atom is 0.305 e. The zero-order valence-corrected chi connectivity index (χ0v) is 11.2. The van der Waals surface area contributed by atoms with Crippen LogP contribution in [0.5, 0.6) is 0 Å². The molecule has 0 bridgehead atoms. The molecular formula is C14H18N2O3. The van der Waals surface area contributed by atoms with Crippen molar-refractivity contribution in [2.24, 2.45) is 0 Å². The van der Waals surface area contributed by atoms with Crippen LogP contribution in [0.2, 0.25) is 0 Å². The molecule has 1 aromatic carbocycles. The average molecular weight is 262 g/mol. The number of hydrogen-bond donors (Lipinski definition) is 1. The van der Waals surface area contributed by atoms with Crippen LogP contribution < -0.4 is 5.32 Å². The molecular weight excluding hydrogens is 244 g/mol. The summed E-state index contributed by atoms with van der Waals surface area (Å²) in [5, 5.41) is 3.28. The number of ether oxygens (including phenoxy) is 1. The normalized spacial score (nSPS) is 10.8. The Morgan fingerprint density at radius 3 is 3.11 bits per heavy atom. The number of hydrogen-bond acceptors (Lipinski definition) is 5. The number of nitrogens with one attached hydrogen (secondary N) is 1. The summed E-state index contributed by atoms with van der Waals surface area (Å²) in [5.41, 5.74) is 2.83. The molecule has 0 saturated heterocycles. The highest BCUT2D eigenvalue weighted by atomic mass is 16.5. The Bertz CT molecular complexity index is 563. The summed E-state index contributed by atoms with van der Waals surface area (Å²) in [4.78, 5) is 15.2. The van der Waals surface area contributed by atoms with Crippen LogP contribution in [0.4, 0.5) is 0 Å². The highest BCUT2D eigenvalue weighted by Crippen LogP contribution is 2.16. The Balaban J connectivity index is 1.79. The lowest BCUT2D eigenvalue weighted by atomic mass is 10.2. The molecule has 0 aliphatic heterocycles. The van der Waals surface area contributed by atoms with Gasteiger partial charge in [0.2, 0.25) is 0 Å². The van der Waals surface area contributed by atoms with Gasteiger partial charge >= 0.3 is 5.97 Å². The minimum absolute atomic E-state index is 0.166. The average Bonchev–Trinajstić information content (AvgIpc) is 2.77. The van der Waals surface area contributed by atoms with Crippen LogP contribution in [-0.2, 0) is 16.1 Å². The van der Waals surface area contributed by atoms with Gasteiger partial charge in [0, 0.05) is 19.9 Å². The van der Waals surface area contributed by atoms with Gasteiger partial charge in [-0.2, -0.15) is 0 Å². The van der Waals surface area contributed by atoms with Gasteiger partial charge in [0.25, 0.3) is 0 Å². The number of carbonyl (C=O) groups is 1. The molecule has 0 fully saturated rings. The summed E-state index contributed by atoms with van der Waals surface area (Å²) >= 11 is 0. The molecule has 0 unspecified atom stereocenters. The van der Waals surface area contributed by atoms with Crippen molar-refractivity contribution < 1.29 is 13.9 Å². The third-order valence-electron chi connectivity index (χ3n) is 2.85. The number of fused-ring (bicyclic) bond motifs is 1. The Labute approximate surface area is 112 Å². The summed E-state index contributed by atoms with van der Waals surface area (Å²) in [6.07, 6.45) is 1.22. The molecule has 0 spiro atoms. The first kappa shape index (κ1) is 13.5. The first-order valence-electron chi connectivity index (χ1n) is 6.32. The van der Waals surface area contributed by atoms with Crippen molar-refractivity contribution in [3.05, 3.63) is 29.7 Å². The molecule has 1 heterocycles. The van der Waals surface area contributed by atoms with Crippen LogP contribution in [-0.4, -0.2) is 24.6 Å². The number of methoxy groups -OCH3 is 1. The molecule has 2 aromatic rings. The molecule has 1 N–H and O–H groups in total. The monoisotopic (exact) mass is 262 g/mol. The van der Waals surface area contributed by atoms with E-state index in [0.717, 1.165) is 36.2 Å². The van der Waals surface area contributed by atoms with Crippen LogP contribution in [0, 0.1) is 6.92 Å². The van der Waals surface area contributed by atoms with Gasteiger partial charge in [0.1, 0.15) is 5.52 Å². The van der Waals surface area contributed by atoms with Crippen molar-refractivity contribution in [1.29, 1.82) is 0 Å². The fourth-order valence-corrected chi connectivity index (χ4v) is 1.89. The zero-order valence-electron chi connectivity index (χ0n) is 11.2. The minimum Gasteiger partial charge on any atom is -0.469 e. The Kier molecular flexibility index (Phi) is 4.52. The molecule has 0 aliphatic rings. The predicted octanol–water partition coefficient (Wildman–Crippen LogP) is 2.18. The molecule has 0 amide bonds. The Morgan fingerprint density at radius 2 is 2.32 bits per heavy atom. The number of aryl methyl sites for hydroxylation is 1. The van der Waals surface area contributed by atoms with Crippen molar-refractivity contribution in [1.82, 2.24) is 10.3 Å². The van der Waals surface area contributed by atoms with E-state index < -0.39 is 0 Å². The van der Waals surface area contributed by atoms with E-state index in [1.165, 1.54) is 7.11 Å². The van der Waals surface area contributed by atoms with Gasteiger partial charge in [-0.25, -0.2) is 4.98 Å². The number of rotatable bonds is 6. The minimum atomic E-state index is -0.166. The van der Waals surface area contributed by atoms with Crippen molar-refractivity contribution in [2.45, 2.75) is 26.3 Å². The van der Waals surface area contributed by atoms with E-state index in [9.17, 15) is 4.79 Å². The second kappa shape index (κ2) is 6.33. The van der Waals surface area contributed by atoms with E-state index in [4.69, 9.17) is 4.42 Å². The van der Waals surface area contributed by atoms with Crippen molar-refractivity contribution in [2.75, 3.05) is 13.7 Å². The zero-order chi connectivity index (χ0) is 13.7. The van der Waals surface area contributed by atoms with Gasteiger partial charge < -0.3 is 14.5 Å². The highest BCUT2D eigenvalue weighted by Gasteiger charge is 2.03.